The Kier molecular flexibility index (Phi) is 5.39. The number of nitrogens with zero attached hydrogens (tertiary/aromatic N) is 3. The van der Waals surface area contributed by atoms with Gasteiger partial charge in [0.1, 0.15) is 0 Å². The third-order valence-electron chi connectivity index (χ3n) is 3.55. The first-order valence-corrected chi connectivity index (χ1v) is 7.31. The Bertz CT molecular complexity index is 377. The SMILES string of the molecule is CCCNC1CCCN(CCCn2cccn2)C1=O. The van der Waals surface area contributed by atoms with Crippen LogP contribution < -0.4 is 5.32 Å². The van der Waals surface area contributed by atoms with E-state index in [-0.39, 0.29) is 11.9 Å². The van der Waals surface area contributed by atoms with Gasteiger partial charge in [-0.1, -0.05) is 6.92 Å². The van der Waals surface area contributed by atoms with Crippen molar-refractivity contribution >= 4 is 5.91 Å². The number of hydrogen-bond donors (Lipinski definition) is 1. The molecule has 1 aliphatic rings. The van der Waals surface area contributed by atoms with Gasteiger partial charge in [0.15, 0.2) is 0 Å². The molecule has 1 aromatic heterocycles. The zero-order valence-corrected chi connectivity index (χ0v) is 11.7. The summed E-state index contributed by atoms with van der Waals surface area (Å²) in [6.07, 6.45) is 7.88. The molecule has 0 spiro atoms. The van der Waals surface area contributed by atoms with Gasteiger partial charge in [0.2, 0.25) is 5.91 Å². The molecule has 0 saturated carbocycles. The Hall–Kier alpha value is -1.36. The van der Waals surface area contributed by atoms with Crippen molar-refractivity contribution in [2.45, 2.75) is 45.2 Å². The van der Waals surface area contributed by atoms with Crippen molar-refractivity contribution in [3.63, 3.8) is 0 Å². The lowest BCUT2D eigenvalue weighted by Gasteiger charge is -2.32. The molecular formula is C14H24N4O. The van der Waals surface area contributed by atoms with Crippen LogP contribution in [0.15, 0.2) is 18.5 Å². The third-order valence-corrected chi connectivity index (χ3v) is 3.55. The Balaban J connectivity index is 1.74. The first kappa shape index (κ1) is 14.1. The van der Waals surface area contributed by atoms with Gasteiger partial charge >= 0.3 is 0 Å². The van der Waals surface area contributed by atoms with Gasteiger partial charge in [-0.05, 0) is 38.3 Å². The smallest absolute Gasteiger partial charge is 0.239 e. The minimum Gasteiger partial charge on any atom is -0.341 e. The molecule has 1 aromatic rings. The molecule has 5 nitrogen and oxygen atoms in total. The number of carbonyl (C=O) groups is 1. The van der Waals surface area contributed by atoms with E-state index in [1.807, 2.05) is 21.8 Å². The molecule has 1 fully saturated rings. The second-order valence-electron chi connectivity index (χ2n) is 5.10. The summed E-state index contributed by atoms with van der Waals surface area (Å²) < 4.78 is 1.92. The molecule has 1 unspecified atom stereocenters. The second-order valence-corrected chi connectivity index (χ2v) is 5.10. The summed E-state index contributed by atoms with van der Waals surface area (Å²) in [4.78, 5) is 14.3. The number of hydrogen-bond acceptors (Lipinski definition) is 3. The fourth-order valence-corrected chi connectivity index (χ4v) is 2.53. The van der Waals surface area contributed by atoms with Crippen LogP contribution in [0.5, 0.6) is 0 Å². The van der Waals surface area contributed by atoms with E-state index >= 15 is 0 Å². The van der Waals surface area contributed by atoms with Crippen molar-refractivity contribution in [2.24, 2.45) is 0 Å². The van der Waals surface area contributed by atoms with Crippen LogP contribution in [0.2, 0.25) is 0 Å². The molecule has 0 aromatic carbocycles. The van der Waals surface area contributed by atoms with E-state index in [2.05, 4.69) is 17.3 Å². The van der Waals surface area contributed by atoms with Gasteiger partial charge in [0.25, 0.3) is 0 Å². The summed E-state index contributed by atoms with van der Waals surface area (Å²) in [7, 11) is 0. The van der Waals surface area contributed by atoms with Crippen molar-refractivity contribution in [3.8, 4) is 0 Å². The minimum atomic E-state index is 0.0402. The molecule has 0 aliphatic carbocycles. The largest absolute Gasteiger partial charge is 0.341 e. The Morgan fingerprint density at radius 3 is 3.11 bits per heavy atom. The van der Waals surface area contributed by atoms with Crippen LogP contribution in [0, 0.1) is 0 Å². The second kappa shape index (κ2) is 7.28. The molecule has 1 aliphatic heterocycles. The lowest BCUT2D eigenvalue weighted by atomic mass is 10.0. The number of nitrogens with one attached hydrogen (secondary N) is 1. The van der Waals surface area contributed by atoms with Crippen LogP contribution in [0.1, 0.15) is 32.6 Å². The molecular weight excluding hydrogens is 240 g/mol. The van der Waals surface area contributed by atoms with E-state index in [1.165, 1.54) is 0 Å². The molecule has 5 heteroatoms. The predicted octanol–water partition coefficient (Wildman–Crippen LogP) is 1.26. The zero-order valence-electron chi connectivity index (χ0n) is 11.7. The maximum Gasteiger partial charge on any atom is 0.239 e. The highest BCUT2D eigenvalue weighted by Gasteiger charge is 2.27. The number of rotatable bonds is 7. The summed E-state index contributed by atoms with van der Waals surface area (Å²) in [6.45, 7) is 5.68. The Morgan fingerprint density at radius 1 is 1.47 bits per heavy atom. The molecule has 1 amide bonds. The normalized spacial score (nSPS) is 19.9. The van der Waals surface area contributed by atoms with Crippen LogP contribution in [-0.4, -0.2) is 46.3 Å². The zero-order chi connectivity index (χ0) is 13.5. The summed E-state index contributed by atoms with van der Waals surface area (Å²) in [5.41, 5.74) is 0. The van der Waals surface area contributed by atoms with Gasteiger partial charge in [0, 0.05) is 32.0 Å². The molecule has 19 heavy (non-hydrogen) atoms. The lowest BCUT2D eigenvalue weighted by Crippen LogP contribution is -2.51. The molecule has 2 rings (SSSR count). The fraction of sp³-hybridized carbons (Fsp3) is 0.714. The summed E-state index contributed by atoms with van der Waals surface area (Å²) in [5, 5.41) is 7.52. The van der Waals surface area contributed by atoms with E-state index in [0.717, 1.165) is 51.9 Å². The average molecular weight is 264 g/mol. The first-order valence-electron chi connectivity index (χ1n) is 7.31. The van der Waals surface area contributed by atoms with Gasteiger partial charge in [-0.2, -0.15) is 5.10 Å². The number of amides is 1. The highest BCUT2D eigenvalue weighted by molar-refractivity contribution is 5.82. The maximum absolute atomic E-state index is 12.3. The number of carbonyl (C=O) groups excluding carboxylic acids is 1. The van der Waals surface area contributed by atoms with Crippen LogP contribution in [0.3, 0.4) is 0 Å². The van der Waals surface area contributed by atoms with Crippen LogP contribution in [0.25, 0.3) is 0 Å². The first-order chi connectivity index (χ1) is 9.31. The van der Waals surface area contributed by atoms with Crippen LogP contribution in [-0.2, 0) is 11.3 Å². The van der Waals surface area contributed by atoms with Gasteiger partial charge in [0.05, 0.1) is 6.04 Å². The van der Waals surface area contributed by atoms with Crippen molar-refractivity contribution in [3.05, 3.63) is 18.5 Å². The number of aromatic nitrogens is 2. The number of aryl methyl sites for hydroxylation is 1. The van der Waals surface area contributed by atoms with Gasteiger partial charge in [-0.3, -0.25) is 9.48 Å². The van der Waals surface area contributed by atoms with Crippen LogP contribution >= 0.6 is 0 Å². The third kappa shape index (κ3) is 4.06. The summed E-state index contributed by atoms with van der Waals surface area (Å²) >= 11 is 0. The van der Waals surface area contributed by atoms with E-state index in [9.17, 15) is 4.79 Å². The summed E-state index contributed by atoms with van der Waals surface area (Å²) in [6, 6.07) is 1.97. The Labute approximate surface area is 115 Å². The lowest BCUT2D eigenvalue weighted by molar-refractivity contribution is -0.136. The fourth-order valence-electron chi connectivity index (χ4n) is 2.53. The molecule has 106 valence electrons. The van der Waals surface area contributed by atoms with E-state index in [0.29, 0.717) is 0 Å². The molecule has 0 radical (unpaired) electrons. The van der Waals surface area contributed by atoms with Crippen molar-refractivity contribution in [2.75, 3.05) is 19.6 Å². The van der Waals surface area contributed by atoms with Crippen molar-refractivity contribution < 1.29 is 4.79 Å². The van der Waals surface area contributed by atoms with Crippen molar-refractivity contribution in [1.29, 1.82) is 0 Å². The van der Waals surface area contributed by atoms with Gasteiger partial charge < -0.3 is 10.2 Å². The predicted molar refractivity (Wildman–Crippen MR) is 74.7 cm³/mol. The van der Waals surface area contributed by atoms with Crippen molar-refractivity contribution in [1.82, 2.24) is 20.0 Å². The van der Waals surface area contributed by atoms with E-state index < -0.39 is 0 Å². The monoisotopic (exact) mass is 264 g/mol. The molecule has 1 N–H and O–H groups in total. The Morgan fingerprint density at radius 2 is 2.37 bits per heavy atom. The topological polar surface area (TPSA) is 50.2 Å². The number of likely N-dealkylation sites (tertiary alicyclic amines) is 1. The minimum absolute atomic E-state index is 0.0402. The molecule has 2 heterocycles. The van der Waals surface area contributed by atoms with Crippen LogP contribution in [0.4, 0.5) is 0 Å². The van der Waals surface area contributed by atoms with Gasteiger partial charge in [-0.25, -0.2) is 0 Å². The molecule has 1 atom stereocenters. The summed E-state index contributed by atoms with van der Waals surface area (Å²) in [5.74, 6) is 0.278. The molecule has 1 saturated heterocycles. The van der Waals surface area contributed by atoms with E-state index in [1.54, 1.807) is 6.20 Å². The highest BCUT2D eigenvalue weighted by Crippen LogP contribution is 2.12. The highest BCUT2D eigenvalue weighted by atomic mass is 16.2. The van der Waals surface area contributed by atoms with E-state index in [4.69, 9.17) is 0 Å². The standard InChI is InChI=1S/C14H24N4O/c1-2-7-15-13-6-3-9-17(14(13)19)10-5-12-18-11-4-8-16-18/h4,8,11,13,15H,2-3,5-7,9-10,12H2,1H3. The quantitative estimate of drug-likeness (QED) is 0.806. The maximum atomic E-state index is 12.3. The number of piperidine rings is 1. The van der Waals surface area contributed by atoms with Gasteiger partial charge in [-0.15, -0.1) is 0 Å². The molecule has 0 bridgehead atoms. The average Bonchev–Trinajstić information content (AvgIpc) is 2.92.